The molecule has 0 radical (unpaired) electrons. The summed E-state index contributed by atoms with van der Waals surface area (Å²) in [6.07, 6.45) is 2.76. The molecular weight excluding hydrogens is 342 g/mol. The van der Waals surface area contributed by atoms with E-state index in [4.69, 9.17) is 5.73 Å². The fraction of sp³-hybridized carbons (Fsp3) is 0.278. The molecular formula is C18H20ClN3O3. The van der Waals surface area contributed by atoms with Crippen LogP contribution >= 0.6 is 12.4 Å². The fourth-order valence-electron chi connectivity index (χ4n) is 3.19. The zero-order valence-corrected chi connectivity index (χ0v) is 14.6. The van der Waals surface area contributed by atoms with Gasteiger partial charge in [0.25, 0.3) is 11.6 Å². The van der Waals surface area contributed by atoms with Crippen molar-refractivity contribution in [3.8, 4) is 0 Å². The number of aryl methyl sites for hydroxylation is 2. The number of rotatable bonds is 3. The lowest BCUT2D eigenvalue weighted by molar-refractivity contribution is -0.384. The Bertz CT molecular complexity index is 823. The number of amides is 1. The molecule has 0 saturated carbocycles. The van der Waals surface area contributed by atoms with Gasteiger partial charge in [-0.3, -0.25) is 14.9 Å². The first kappa shape index (κ1) is 18.7. The van der Waals surface area contributed by atoms with Crippen molar-refractivity contribution in [3.05, 3.63) is 68.8 Å². The highest BCUT2D eigenvalue weighted by Crippen LogP contribution is 2.31. The van der Waals surface area contributed by atoms with Crippen molar-refractivity contribution in [2.24, 2.45) is 0 Å². The Morgan fingerprint density at radius 1 is 1.28 bits per heavy atom. The molecule has 0 bridgehead atoms. The van der Waals surface area contributed by atoms with Crippen molar-refractivity contribution in [1.29, 1.82) is 0 Å². The normalized spacial score (nSPS) is 15.6. The third-order valence-electron chi connectivity index (χ3n) is 4.46. The van der Waals surface area contributed by atoms with Gasteiger partial charge in [-0.15, -0.1) is 12.4 Å². The molecule has 0 aliphatic heterocycles. The number of nitro groups is 1. The molecule has 1 aliphatic carbocycles. The molecule has 2 aromatic carbocycles. The molecule has 3 N–H and O–H groups in total. The Morgan fingerprint density at radius 2 is 2.04 bits per heavy atom. The molecule has 0 fully saturated rings. The van der Waals surface area contributed by atoms with Crippen LogP contribution in [-0.4, -0.2) is 10.8 Å². The summed E-state index contributed by atoms with van der Waals surface area (Å²) < 4.78 is 0. The molecule has 0 saturated heterocycles. The minimum absolute atomic E-state index is 0. The molecule has 0 heterocycles. The quantitative estimate of drug-likeness (QED) is 0.494. The monoisotopic (exact) mass is 361 g/mol. The van der Waals surface area contributed by atoms with Crippen LogP contribution in [0.25, 0.3) is 0 Å². The van der Waals surface area contributed by atoms with E-state index in [0.29, 0.717) is 11.1 Å². The average Bonchev–Trinajstić information content (AvgIpc) is 2.54. The SMILES string of the molecule is Cc1ccc([N+](=O)[O-])cc1C(=O)NC1CCCc2cc(N)ccc21.Cl. The maximum Gasteiger partial charge on any atom is 0.270 e. The van der Waals surface area contributed by atoms with Crippen LogP contribution < -0.4 is 11.1 Å². The van der Waals surface area contributed by atoms with Crippen LogP contribution in [0.5, 0.6) is 0 Å². The summed E-state index contributed by atoms with van der Waals surface area (Å²) in [5, 5.41) is 14.0. The number of hydrogen-bond donors (Lipinski definition) is 2. The summed E-state index contributed by atoms with van der Waals surface area (Å²) in [4.78, 5) is 23.1. The van der Waals surface area contributed by atoms with Crippen molar-refractivity contribution < 1.29 is 9.72 Å². The van der Waals surface area contributed by atoms with Crippen molar-refractivity contribution in [2.75, 3.05) is 5.73 Å². The first-order valence-corrected chi connectivity index (χ1v) is 7.90. The van der Waals surface area contributed by atoms with Crippen molar-refractivity contribution >= 4 is 29.7 Å². The molecule has 3 rings (SSSR count). The Morgan fingerprint density at radius 3 is 2.76 bits per heavy atom. The highest BCUT2D eigenvalue weighted by atomic mass is 35.5. The third-order valence-corrected chi connectivity index (χ3v) is 4.46. The van der Waals surface area contributed by atoms with Crippen LogP contribution in [0, 0.1) is 17.0 Å². The van der Waals surface area contributed by atoms with Crippen LogP contribution in [0.1, 0.15) is 45.9 Å². The van der Waals surface area contributed by atoms with E-state index >= 15 is 0 Å². The number of nitrogens with two attached hydrogens (primary N) is 1. The highest BCUT2D eigenvalue weighted by molar-refractivity contribution is 5.96. The Kier molecular flexibility index (Phi) is 5.64. The van der Waals surface area contributed by atoms with E-state index in [0.717, 1.165) is 36.1 Å². The molecule has 1 amide bonds. The third kappa shape index (κ3) is 3.91. The second-order valence-corrected chi connectivity index (χ2v) is 6.13. The van der Waals surface area contributed by atoms with Gasteiger partial charge in [-0.1, -0.05) is 12.1 Å². The van der Waals surface area contributed by atoms with Crippen LogP contribution in [-0.2, 0) is 6.42 Å². The number of nitrogens with one attached hydrogen (secondary N) is 1. The van der Waals surface area contributed by atoms with Gasteiger partial charge in [0.05, 0.1) is 11.0 Å². The van der Waals surface area contributed by atoms with Gasteiger partial charge in [0.2, 0.25) is 0 Å². The van der Waals surface area contributed by atoms with E-state index < -0.39 is 4.92 Å². The first-order valence-electron chi connectivity index (χ1n) is 7.90. The van der Waals surface area contributed by atoms with Gasteiger partial charge in [-0.2, -0.15) is 0 Å². The van der Waals surface area contributed by atoms with Crippen molar-refractivity contribution in [3.63, 3.8) is 0 Å². The molecule has 1 atom stereocenters. The number of nitrogens with zero attached hydrogens (tertiary/aromatic N) is 1. The Hall–Kier alpha value is -2.60. The summed E-state index contributed by atoms with van der Waals surface area (Å²) in [6.45, 7) is 1.77. The number of carbonyl (C=O) groups excluding carboxylic acids is 1. The molecule has 1 unspecified atom stereocenters. The zero-order chi connectivity index (χ0) is 17.3. The molecule has 0 aromatic heterocycles. The van der Waals surface area contributed by atoms with Gasteiger partial charge in [0.15, 0.2) is 0 Å². The summed E-state index contributed by atoms with van der Waals surface area (Å²) in [5.41, 5.74) is 9.75. The number of hydrogen-bond acceptors (Lipinski definition) is 4. The minimum atomic E-state index is -0.491. The molecule has 2 aromatic rings. The Balaban J connectivity index is 0.00000225. The smallest absolute Gasteiger partial charge is 0.270 e. The van der Waals surface area contributed by atoms with Gasteiger partial charge in [-0.25, -0.2) is 0 Å². The van der Waals surface area contributed by atoms with Crippen LogP contribution in [0.3, 0.4) is 0 Å². The maximum absolute atomic E-state index is 12.6. The lowest BCUT2D eigenvalue weighted by atomic mass is 9.87. The van der Waals surface area contributed by atoms with E-state index in [1.54, 1.807) is 13.0 Å². The molecule has 25 heavy (non-hydrogen) atoms. The Labute approximate surface area is 152 Å². The van der Waals surface area contributed by atoms with Gasteiger partial charge >= 0.3 is 0 Å². The summed E-state index contributed by atoms with van der Waals surface area (Å²) >= 11 is 0. The molecule has 1 aliphatic rings. The number of nitrogen functional groups attached to an aromatic ring is 1. The van der Waals surface area contributed by atoms with Crippen LogP contribution in [0.15, 0.2) is 36.4 Å². The fourth-order valence-corrected chi connectivity index (χ4v) is 3.19. The molecule has 6 nitrogen and oxygen atoms in total. The van der Waals surface area contributed by atoms with Crippen molar-refractivity contribution in [1.82, 2.24) is 5.32 Å². The number of fused-ring (bicyclic) bond motifs is 1. The maximum atomic E-state index is 12.6. The number of nitro benzene ring substituents is 1. The number of anilines is 1. The molecule has 132 valence electrons. The van der Waals surface area contributed by atoms with E-state index in [1.165, 1.54) is 12.1 Å². The van der Waals surface area contributed by atoms with Gasteiger partial charge < -0.3 is 11.1 Å². The average molecular weight is 362 g/mol. The van der Waals surface area contributed by atoms with E-state index in [9.17, 15) is 14.9 Å². The summed E-state index contributed by atoms with van der Waals surface area (Å²) in [5.74, 6) is -0.286. The minimum Gasteiger partial charge on any atom is -0.399 e. The number of non-ortho nitro benzene ring substituents is 1. The molecule has 7 heteroatoms. The first-order chi connectivity index (χ1) is 11.5. The van der Waals surface area contributed by atoms with Crippen LogP contribution in [0.2, 0.25) is 0 Å². The lowest BCUT2D eigenvalue weighted by Crippen LogP contribution is -2.31. The second-order valence-electron chi connectivity index (χ2n) is 6.13. The van der Waals surface area contributed by atoms with Gasteiger partial charge in [-0.05, 0) is 55.0 Å². The lowest BCUT2D eigenvalue weighted by Gasteiger charge is -2.27. The number of carbonyl (C=O) groups is 1. The summed E-state index contributed by atoms with van der Waals surface area (Å²) in [7, 11) is 0. The number of halogens is 1. The highest BCUT2D eigenvalue weighted by Gasteiger charge is 2.23. The topological polar surface area (TPSA) is 98.3 Å². The second kappa shape index (κ2) is 7.53. The van der Waals surface area contributed by atoms with Crippen molar-refractivity contribution in [2.45, 2.75) is 32.2 Å². The predicted molar refractivity (Wildman–Crippen MR) is 99.1 cm³/mol. The van der Waals surface area contributed by atoms with E-state index in [-0.39, 0.29) is 30.0 Å². The predicted octanol–water partition coefficient (Wildman–Crippen LogP) is 3.71. The van der Waals surface area contributed by atoms with E-state index in [2.05, 4.69) is 5.32 Å². The number of benzene rings is 2. The van der Waals surface area contributed by atoms with E-state index in [1.807, 2.05) is 18.2 Å². The van der Waals surface area contributed by atoms with Gasteiger partial charge in [0, 0.05) is 23.4 Å². The van der Waals surface area contributed by atoms with Gasteiger partial charge in [0.1, 0.15) is 0 Å². The van der Waals surface area contributed by atoms with Crippen LogP contribution in [0.4, 0.5) is 11.4 Å². The standard InChI is InChI=1S/C18H19N3O3.ClH/c1-11-5-7-14(21(23)24)10-16(11)18(22)20-17-4-2-3-12-9-13(19)6-8-15(12)17;/h5-10,17H,2-4,19H2,1H3,(H,20,22);1H. The largest absolute Gasteiger partial charge is 0.399 e. The molecule has 0 spiro atoms. The zero-order valence-electron chi connectivity index (χ0n) is 13.8. The summed E-state index contributed by atoms with van der Waals surface area (Å²) in [6, 6.07) is 9.98.